The molecule has 4 heteroatoms. The Morgan fingerprint density at radius 2 is 2.27 bits per heavy atom. The normalized spacial score (nSPS) is 18.3. The molecule has 0 unspecified atom stereocenters. The summed E-state index contributed by atoms with van der Waals surface area (Å²) in [5.74, 6) is 0. The monoisotopic (exact) mass is 202 g/mol. The van der Waals surface area contributed by atoms with Crippen molar-refractivity contribution in [2.45, 2.75) is 24.8 Å². The molecule has 1 aromatic heterocycles. The van der Waals surface area contributed by atoms with Crippen LogP contribution < -0.4 is 5.73 Å². The summed E-state index contributed by atoms with van der Waals surface area (Å²) in [7, 11) is 1.91. The Morgan fingerprint density at radius 1 is 1.47 bits per heavy atom. The van der Waals surface area contributed by atoms with Gasteiger partial charge >= 0.3 is 0 Å². The van der Waals surface area contributed by atoms with Gasteiger partial charge in [-0.05, 0) is 37.0 Å². The van der Waals surface area contributed by atoms with E-state index in [-0.39, 0.29) is 5.54 Å². The fourth-order valence-electron chi connectivity index (χ4n) is 1.93. The van der Waals surface area contributed by atoms with Crippen molar-refractivity contribution in [3.05, 3.63) is 23.8 Å². The maximum atomic E-state index is 6.10. The molecule has 4 nitrogen and oxygen atoms in total. The van der Waals surface area contributed by atoms with Crippen molar-refractivity contribution in [3.63, 3.8) is 0 Å². The number of nitrogens with zero attached hydrogens (tertiary/aromatic N) is 3. The molecule has 0 radical (unpaired) electrons. The second-order valence-electron chi connectivity index (χ2n) is 4.58. The van der Waals surface area contributed by atoms with Gasteiger partial charge in [0, 0.05) is 12.6 Å². The molecular formula is C11H14N4. The highest BCUT2D eigenvalue weighted by Crippen LogP contribution is 2.35. The molecule has 0 saturated heterocycles. The Bertz CT molecular complexity index is 510. The Labute approximate surface area is 88.1 Å². The van der Waals surface area contributed by atoms with Crippen LogP contribution in [-0.2, 0) is 13.5 Å². The van der Waals surface area contributed by atoms with Crippen LogP contribution in [-0.4, -0.2) is 20.5 Å². The van der Waals surface area contributed by atoms with Gasteiger partial charge in [-0.1, -0.05) is 11.3 Å². The van der Waals surface area contributed by atoms with E-state index in [1.165, 1.54) is 5.56 Å². The molecule has 15 heavy (non-hydrogen) atoms. The van der Waals surface area contributed by atoms with Crippen molar-refractivity contribution >= 4 is 11.0 Å². The van der Waals surface area contributed by atoms with E-state index in [1.807, 2.05) is 13.1 Å². The fraction of sp³-hybridized carbons (Fsp3) is 0.455. The third kappa shape index (κ3) is 1.51. The molecule has 1 fully saturated rings. The first-order valence-electron chi connectivity index (χ1n) is 5.24. The lowest BCUT2D eigenvalue weighted by Crippen LogP contribution is -2.24. The zero-order valence-corrected chi connectivity index (χ0v) is 8.77. The van der Waals surface area contributed by atoms with Crippen molar-refractivity contribution in [2.24, 2.45) is 12.8 Å². The third-order valence-corrected chi connectivity index (χ3v) is 3.12. The number of aryl methyl sites for hydroxylation is 1. The first-order chi connectivity index (χ1) is 7.16. The van der Waals surface area contributed by atoms with E-state index in [0.29, 0.717) is 0 Å². The molecule has 2 aromatic rings. The van der Waals surface area contributed by atoms with Gasteiger partial charge in [-0.25, -0.2) is 4.68 Å². The van der Waals surface area contributed by atoms with Gasteiger partial charge in [0.15, 0.2) is 0 Å². The predicted octanol–water partition coefficient (Wildman–Crippen LogP) is 1.00. The van der Waals surface area contributed by atoms with E-state index in [2.05, 4.69) is 22.4 Å². The lowest BCUT2D eigenvalue weighted by atomic mass is 10.0. The first kappa shape index (κ1) is 8.85. The molecule has 1 aliphatic rings. The summed E-state index contributed by atoms with van der Waals surface area (Å²) in [6, 6.07) is 6.26. The molecule has 1 aromatic carbocycles. The van der Waals surface area contributed by atoms with E-state index >= 15 is 0 Å². The summed E-state index contributed by atoms with van der Waals surface area (Å²) in [5, 5.41) is 8.04. The molecule has 0 amide bonds. The number of fused-ring (bicyclic) bond motifs is 1. The van der Waals surface area contributed by atoms with Gasteiger partial charge < -0.3 is 5.73 Å². The van der Waals surface area contributed by atoms with Gasteiger partial charge in [-0.15, -0.1) is 5.10 Å². The molecule has 0 atom stereocenters. The topological polar surface area (TPSA) is 56.7 Å². The quantitative estimate of drug-likeness (QED) is 0.790. The summed E-state index contributed by atoms with van der Waals surface area (Å²) >= 11 is 0. The number of benzene rings is 1. The van der Waals surface area contributed by atoms with Crippen molar-refractivity contribution in [1.82, 2.24) is 15.0 Å². The van der Waals surface area contributed by atoms with Crippen LogP contribution in [0, 0.1) is 0 Å². The second kappa shape index (κ2) is 2.79. The highest BCUT2D eigenvalue weighted by Gasteiger charge is 2.37. The molecule has 1 saturated carbocycles. The minimum Gasteiger partial charge on any atom is -0.325 e. The van der Waals surface area contributed by atoms with Crippen LogP contribution in [0.4, 0.5) is 0 Å². The Kier molecular flexibility index (Phi) is 1.65. The van der Waals surface area contributed by atoms with Crippen molar-refractivity contribution in [2.75, 3.05) is 0 Å². The predicted molar refractivity (Wildman–Crippen MR) is 58.4 cm³/mol. The smallest absolute Gasteiger partial charge is 0.113 e. The van der Waals surface area contributed by atoms with Gasteiger partial charge in [-0.2, -0.15) is 0 Å². The minimum absolute atomic E-state index is 0.0691. The maximum Gasteiger partial charge on any atom is 0.113 e. The van der Waals surface area contributed by atoms with Crippen LogP contribution in [0.2, 0.25) is 0 Å². The molecule has 0 bridgehead atoms. The zero-order valence-electron chi connectivity index (χ0n) is 8.77. The van der Waals surface area contributed by atoms with Crippen molar-refractivity contribution in [1.29, 1.82) is 0 Å². The van der Waals surface area contributed by atoms with Crippen molar-refractivity contribution in [3.8, 4) is 0 Å². The maximum absolute atomic E-state index is 6.10. The van der Waals surface area contributed by atoms with E-state index in [0.717, 1.165) is 30.3 Å². The number of hydrogen-bond acceptors (Lipinski definition) is 3. The molecule has 0 aliphatic heterocycles. The van der Waals surface area contributed by atoms with Gasteiger partial charge in [0.05, 0.1) is 5.52 Å². The summed E-state index contributed by atoms with van der Waals surface area (Å²) in [6.07, 6.45) is 3.26. The van der Waals surface area contributed by atoms with E-state index in [1.54, 1.807) is 4.68 Å². The summed E-state index contributed by atoms with van der Waals surface area (Å²) in [5.41, 5.74) is 9.48. The molecule has 0 spiro atoms. The fourth-order valence-corrected chi connectivity index (χ4v) is 1.93. The number of nitrogens with two attached hydrogens (primary N) is 1. The number of hydrogen-bond donors (Lipinski definition) is 1. The molecular weight excluding hydrogens is 188 g/mol. The summed E-state index contributed by atoms with van der Waals surface area (Å²) in [4.78, 5) is 0. The van der Waals surface area contributed by atoms with Crippen molar-refractivity contribution < 1.29 is 0 Å². The largest absolute Gasteiger partial charge is 0.325 e. The van der Waals surface area contributed by atoms with E-state index < -0.39 is 0 Å². The van der Waals surface area contributed by atoms with Crippen LogP contribution in [0.15, 0.2) is 18.2 Å². The highest BCUT2D eigenvalue weighted by molar-refractivity contribution is 5.74. The average Bonchev–Trinajstić information content (AvgIpc) is 2.82. The van der Waals surface area contributed by atoms with Gasteiger partial charge in [-0.3, -0.25) is 0 Å². The molecule has 78 valence electrons. The van der Waals surface area contributed by atoms with E-state index in [4.69, 9.17) is 5.73 Å². The summed E-state index contributed by atoms with van der Waals surface area (Å²) in [6.45, 7) is 0. The lowest BCUT2D eigenvalue weighted by molar-refractivity contribution is 0.672. The Morgan fingerprint density at radius 3 is 3.00 bits per heavy atom. The molecule has 2 N–H and O–H groups in total. The van der Waals surface area contributed by atoms with Crippen LogP contribution in [0.1, 0.15) is 18.4 Å². The van der Waals surface area contributed by atoms with Gasteiger partial charge in [0.1, 0.15) is 5.52 Å². The minimum atomic E-state index is 0.0691. The SMILES string of the molecule is Cn1nnc2ccc(CC3(N)CC3)cc21. The lowest BCUT2D eigenvalue weighted by Gasteiger charge is -2.08. The van der Waals surface area contributed by atoms with Crippen LogP contribution in [0.3, 0.4) is 0 Å². The first-order valence-corrected chi connectivity index (χ1v) is 5.24. The third-order valence-electron chi connectivity index (χ3n) is 3.12. The molecule has 3 rings (SSSR count). The Balaban J connectivity index is 2.01. The zero-order chi connectivity index (χ0) is 10.5. The van der Waals surface area contributed by atoms with Gasteiger partial charge in [0.2, 0.25) is 0 Å². The highest BCUT2D eigenvalue weighted by atomic mass is 15.4. The van der Waals surface area contributed by atoms with E-state index in [9.17, 15) is 0 Å². The molecule has 1 aliphatic carbocycles. The number of rotatable bonds is 2. The van der Waals surface area contributed by atoms with Crippen LogP contribution in [0.5, 0.6) is 0 Å². The number of aromatic nitrogens is 3. The van der Waals surface area contributed by atoms with Crippen LogP contribution >= 0.6 is 0 Å². The Hall–Kier alpha value is -1.42. The standard InChI is InChI=1S/C11H14N4/c1-15-10-6-8(7-11(12)4-5-11)2-3-9(10)13-14-15/h2-3,6H,4-5,7,12H2,1H3. The average molecular weight is 202 g/mol. The second-order valence-corrected chi connectivity index (χ2v) is 4.58. The van der Waals surface area contributed by atoms with Crippen LogP contribution in [0.25, 0.3) is 11.0 Å². The summed E-state index contributed by atoms with van der Waals surface area (Å²) < 4.78 is 1.80. The molecule has 1 heterocycles. The van der Waals surface area contributed by atoms with Gasteiger partial charge in [0.25, 0.3) is 0 Å².